The van der Waals surface area contributed by atoms with E-state index in [0.29, 0.717) is 27.9 Å². The molecule has 2 heterocycles. The molecule has 0 unspecified atom stereocenters. The molecular weight excluding hydrogens is 465 g/mol. The molecule has 33 heavy (non-hydrogen) atoms. The number of hydrogen-bond donors (Lipinski definition) is 1. The molecule has 2 aromatic rings. The lowest BCUT2D eigenvalue weighted by molar-refractivity contribution is -0.120. The van der Waals surface area contributed by atoms with Gasteiger partial charge in [0.15, 0.2) is 0 Å². The van der Waals surface area contributed by atoms with Crippen LogP contribution in [-0.4, -0.2) is 42.8 Å². The highest BCUT2D eigenvalue weighted by atomic mass is 35.5. The van der Waals surface area contributed by atoms with Crippen LogP contribution < -0.4 is 15.0 Å². The molecule has 0 spiro atoms. The van der Waals surface area contributed by atoms with E-state index >= 15 is 0 Å². The van der Waals surface area contributed by atoms with Gasteiger partial charge in [0, 0.05) is 29.4 Å². The average molecular weight is 488 g/mol. The van der Waals surface area contributed by atoms with Gasteiger partial charge in [0.05, 0.1) is 12.8 Å². The van der Waals surface area contributed by atoms with Gasteiger partial charge in [0.1, 0.15) is 16.5 Å². The highest BCUT2D eigenvalue weighted by Gasteiger charge is 2.40. The van der Waals surface area contributed by atoms with Crippen molar-refractivity contribution in [2.24, 2.45) is 5.92 Å². The summed E-state index contributed by atoms with van der Waals surface area (Å²) in [7, 11) is 1.43. The number of piperidine rings is 1. The third-order valence-electron chi connectivity index (χ3n) is 5.88. The van der Waals surface area contributed by atoms with Gasteiger partial charge in [-0.05, 0) is 61.2 Å². The van der Waals surface area contributed by atoms with E-state index < -0.39 is 11.8 Å². The summed E-state index contributed by atoms with van der Waals surface area (Å²) in [6, 6.07) is 11.4. The summed E-state index contributed by atoms with van der Waals surface area (Å²) in [5.41, 5.74) is 1.22. The Morgan fingerprint density at radius 3 is 2.33 bits per heavy atom. The van der Waals surface area contributed by atoms with Crippen molar-refractivity contribution in [1.29, 1.82) is 0 Å². The van der Waals surface area contributed by atoms with E-state index in [1.165, 1.54) is 13.2 Å². The van der Waals surface area contributed by atoms with E-state index in [-0.39, 0.29) is 22.3 Å². The van der Waals surface area contributed by atoms with Gasteiger partial charge in [-0.1, -0.05) is 30.1 Å². The SMILES string of the molecule is COc1ccc(Cl)cc1N1C(=O)C(Cl)=C(Nc2ccc(C(=O)N3CCC(C)CC3)cc2)C1=O. The summed E-state index contributed by atoms with van der Waals surface area (Å²) >= 11 is 12.3. The standard InChI is InChI=1S/C24H23Cl2N3O4/c1-14-9-11-28(12-10-14)22(30)15-3-6-17(7-4-15)27-21-20(26)23(31)29(24(21)32)18-13-16(25)5-8-19(18)33-2/h3-8,13-14,27H,9-12H2,1-2H3. The van der Waals surface area contributed by atoms with Crippen molar-refractivity contribution in [1.82, 2.24) is 4.90 Å². The second-order valence-corrected chi connectivity index (χ2v) is 8.94. The van der Waals surface area contributed by atoms with Crippen LogP contribution in [0.2, 0.25) is 5.02 Å². The molecule has 0 bridgehead atoms. The molecule has 3 amide bonds. The number of imide groups is 1. The summed E-state index contributed by atoms with van der Waals surface area (Å²) in [6.07, 6.45) is 2.00. The molecule has 0 atom stereocenters. The van der Waals surface area contributed by atoms with E-state index in [1.54, 1.807) is 36.4 Å². The second kappa shape index (κ2) is 9.45. The zero-order valence-corrected chi connectivity index (χ0v) is 19.7. The predicted molar refractivity (Wildman–Crippen MR) is 128 cm³/mol. The number of carbonyl (C=O) groups excluding carboxylic acids is 3. The summed E-state index contributed by atoms with van der Waals surface area (Å²) < 4.78 is 5.27. The van der Waals surface area contributed by atoms with E-state index in [9.17, 15) is 14.4 Å². The maximum Gasteiger partial charge on any atom is 0.283 e. The lowest BCUT2D eigenvalue weighted by Crippen LogP contribution is -2.37. The van der Waals surface area contributed by atoms with Crippen molar-refractivity contribution in [3.63, 3.8) is 0 Å². The van der Waals surface area contributed by atoms with Crippen molar-refractivity contribution in [3.8, 4) is 5.75 Å². The van der Waals surface area contributed by atoms with Crippen molar-refractivity contribution < 1.29 is 19.1 Å². The van der Waals surface area contributed by atoms with Crippen LogP contribution in [0.4, 0.5) is 11.4 Å². The second-order valence-electron chi connectivity index (χ2n) is 8.13. The quantitative estimate of drug-likeness (QED) is 0.620. The molecule has 2 aliphatic heterocycles. The molecule has 0 aliphatic carbocycles. The number of anilines is 2. The molecule has 1 fully saturated rings. The topological polar surface area (TPSA) is 79.0 Å². The molecular formula is C24H23Cl2N3O4. The average Bonchev–Trinajstić information content (AvgIpc) is 3.02. The number of halogens is 2. The summed E-state index contributed by atoms with van der Waals surface area (Å²) in [4.78, 5) is 41.3. The number of hydrogen-bond acceptors (Lipinski definition) is 5. The molecule has 0 aromatic heterocycles. The maximum absolute atomic E-state index is 13.1. The van der Waals surface area contributed by atoms with Crippen LogP contribution in [0.1, 0.15) is 30.1 Å². The van der Waals surface area contributed by atoms with Crippen molar-refractivity contribution in [2.75, 3.05) is 30.4 Å². The number of benzene rings is 2. The van der Waals surface area contributed by atoms with Gasteiger partial charge in [-0.2, -0.15) is 0 Å². The molecule has 2 aromatic carbocycles. The zero-order valence-electron chi connectivity index (χ0n) is 18.2. The summed E-state index contributed by atoms with van der Waals surface area (Å²) in [6.45, 7) is 3.70. The fourth-order valence-corrected chi connectivity index (χ4v) is 4.28. The van der Waals surface area contributed by atoms with E-state index in [2.05, 4.69) is 12.2 Å². The highest BCUT2D eigenvalue weighted by Crippen LogP contribution is 2.37. The fraction of sp³-hybridized carbons (Fsp3) is 0.292. The first-order chi connectivity index (χ1) is 15.8. The van der Waals surface area contributed by atoms with Crippen LogP contribution >= 0.6 is 23.2 Å². The lowest BCUT2D eigenvalue weighted by Gasteiger charge is -2.30. The number of nitrogens with one attached hydrogen (secondary N) is 1. The summed E-state index contributed by atoms with van der Waals surface area (Å²) in [5, 5.41) is 3.01. The van der Waals surface area contributed by atoms with Crippen LogP contribution in [0, 0.1) is 5.92 Å². The first-order valence-corrected chi connectivity index (χ1v) is 11.3. The Hall–Kier alpha value is -3.03. The third-order valence-corrected chi connectivity index (χ3v) is 6.47. The maximum atomic E-state index is 13.1. The Bertz CT molecular complexity index is 1140. The third kappa shape index (κ3) is 4.56. The Balaban J connectivity index is 1.51. The first-order valence-electron chi connectivity index (χ1n) is 10.6. The van der Waals surface area contributed by atoms with Crippen LogP contribution in [-0.2, 0) is 9.59 Å². The Morgan fingerprint density at radius 2 is 1.70 bits per heavy atom. The van der Waals surface area contributed by atoms with Crippen LogP contribution in [0.5, 0.6) is 5.75 Å². The van der Waals surface area contributed by atoms with Gasteiger partial charge in [-0.3, -0.25) is 14.4 Å². The lowest BCUT2D eigenvalue weighted by atomic mass is 9.98. The Kier molecular flexibility index (Phi) is 6.63. The minimum absolute atomic E-state index is 0.0166. The number of carbonyl (C=O) groups is 3. The molecule has 4 rings (SSSR count). The molecule has 0 saturated carbocycles. The fourth-order valence-electron chi connectivity index (χ4n) is 3.90. The molecule has 1 saturated heterocycles. The van der Waals surface area contributed by atoms with E-state index in [4.69, 9.17) is 27.9 Å². The van der Waals surface area contributed by atoms with Crippen LogP contribution in [0.15, 0.2) is 53.2 Å². The van der Waals surface area contributed by atoms with Crippen molar-refractivity contribution >= 4 is 52.3 Å². The van der Waals surface area contributed by atoms with Gasteiger partial charge in [-0.25, -0.2) is 4.90 Å². The molecule has 1 N–H and O–H groups in total. The van der Waals surface area contributed by atoms with Gasteiger partial charge in [-0.15, -0.1) is 0 Å². The largest absolute Gasteiger partial charge is 0.495 e. The number of rotatable bonds is 5. The monoisotopic (exact) mass is 487 g/mol. The number of nitrogens with zero attached hydrogens (tertiary/aromatic N) is 2. The van der Waals surface area contributed by atoms with Gasteiger partial charge >= 0.3 is 0 Å². The van der Waals surface area contributed by atoms with E-state index in [1.807, 2.05) is 4.90 Å². The molecule has 7 nitrogen and oxygen atoms in total. The number of likely N-dealkylation sites (tertiary alicyclic amines) is 1. The zero-order chi connectivity index (χ0) is 23.7. The predicted octanol–water partition coefficient (Wildman–Crippen LogP) is 4.66. The normalized spacial score (nSPS) is 17.1. The number of ether oxygens (including phenoxy) is 1. The van der Waals surface area contributed by atoms with Crippen molar-refractivity contribution in [3.05, 3.63) is 63.8 Å². The smallest absolute Gasteiger partial charge is 0.283 e. The van der Waals surface area contributed by atoms with Crippen LogP contribution in [0.3, 0.4) is 0 Å². The summed E-state index contributed by atoms with van der Waals surface area (Å²) in [5.74, 6) is -0.389. The molecule has 0 radical (unpaired) electrons. The van der Waals surface area contributed by atoms with Crippen LogP contribution in [0.25, 0.3) is 0 Å². The molecule has 2 aliphatic rings. The number of methoxy groups -OCH3 is 1. The molecule has 9 heteroatoms. The first kappa shape index (κ1) is 23.1. The van der Waals surface area contributed by atoms with Gasteiger partial charge < -0.3 is 15.0 Å². The highest BCUT2D eigenvalue weighted by molar-refractivity contribution is 6.53. The molecule has 172 valence electrons. The number of amides is 3. The van der Waals surface area contributed by atoms with Crippen molar-refractivity contribution in [2.45, 2.75) is 19.8 Å². The minimum atomic E-state index is -0.684. The Labute approximate surface area is 201 Å². The van der Waals surface area contributed by atoms with Gasteiger partial charge in [0.2, 0.25) is 0 Å². The van der Waals surface area contributed by atoms with E-state index in [0.717, 1.165) is 30.8 Å². The Morgan fingerprint density at radius 1 is 1.03 bits per heavy atom. The minimum Gasteiger partial charge on any atom is -0.495 e. The van der Waals surface area contributed by atoms with Gasteiger partial charge in [0.25, 0.3) is 17.7 Å².